The molecule has 2 rings (SSSR count). The van der Waals surface area contributed by atoms with Crippen molar-refractivity contribution in [1.82, 2.24) is 5.32 Å². The number of anilines is 1. The molecule has 0 fully saturated rings. The highest BCUT2D eigenvalue weighted by Gasteiger charge is 2.29. The van der Waals surface area contributed by atoms with Crippen LogP contribution in [-0.4, -0.2) is 48.4 Å². The molecule has 0 saturated carbocycles. The number of fused-ring (bicyclic) bond motifs is 1. The van der Waals surface area contributed by atoms with E-state index in [1.165, 1.54) is 0 Å². The Kier molecular flexibility index (Phi) is 8.51. The molecular weight excluding hydrogens is 416 g/mol. The third kappa shape index (κ3) is 7.79. The van der Waals surface area contributed by atoms with Crippen molar-refractivity contribution in [2.24, 2.45) is 5.41 Å². The minimum absolute atomic E-state index is 0.0825. The first-order valence-corrected chi connectivity index (χ1v) is 10.6. The molecule has 1 heterocycles. The first kappa shape index (κ1) is 25.0. The number of hydrogen-bond donors (Lipinski definition) is 3. The van der Waals surface area contributed by atoms with Crippen molar-refractivity contribution in [1.29, 1.82) is 0 Å². The van der Waals surface area contributed by atoms with Crippen molar-refractivity contribution in [2.75, 3.05) is 18.5 Å². The highest BCUT2D eigenvalue weighted by atomic mass is 16.5. The molecule has 9 heteroatoms. The third-order valence-electron chi connectivity index (χ3n) is 4.57. The van der Waals surface area contributed by atoms with Crippen LogP contribution in [0.3, 0.4) is 0 Å². The number of amides is 2. The van der Waals surface area contributed by atoms with E-state index in [1.807, 2.05) is 27.7 Å². The van der Waals surface area contributed by atoms with Gasteiger partial charge in [-0.25, -0.2) is 4.79 Å². The summed E-state index contributed by atoms with van der Waals surface area (Å²) in [6.07, 6.45) is -1.14. The van der Waals surface area contributed by atoms with Gasteiger partial charge in [0.15, 0.2) is 6.10 Å². The molecule has 1 aromatic rings. The Labute approximate surface area is 188 Å². The Morgan fingerprint density at radius 2 is 2.03 bits per heavy atom. The van der Waals surface area contributed by atoms with Gasteiger partial charge in [-0.05, 0) is 30.0 Å². The summed E-state index contributed by atoms with van der Waals surface area (Å²) in [5, 5.41) is 14.4. The number of benzene rings is 1. The predicted octanol–water partition coefficient (Wildman–Crippen LogP) is 3.48. The highest BCUT2D eigenvalue weighted by molar-refractivity contribution is 5.98. The molecule has 0 aliphatic carbocycles. The Morgan fingerprint density at radius 1 is 1.31 bits per heavy atom. The van der Waals surface area contributed by atoms with Crippen LogP contribution in [0.4, 0.5) is 10.5 Å². The average Bonchev–Trinajstić information content (AvgIpc) is 2.69. The number of hydrogen-bond acceptors (Lipinski definition) is 6. The number of ether oxygens (including phenoxy) is 3. The molecule has 0 aromatic heterocycles. The first-order valence-electron chi connectivity index (χ1n) is 10.6. The fraction of sp³-hybridized carbons (Fsp3) is 0.522. The maximum atomic E-state index is 12.3. The quantitative estimate of drug-likeness (QED) is 0.468. The van der Waals surface area contributed by atoms with E-state index in [9.17, 15) is 14.4 Å². The summed E-state index contributed by atoms with van der Waals surface area (Å²) < 4.78 is 16.5. The highest BCUT2D eigenvalue weighted by Crippen LogP contribution is 2.32. The third-order valence-corrected chi connectivity index (χ3v) is 4.57. The molecule has 0 unspecified atom stereocenters. The van der Waals surface area contributed by atoms with E-state index in [1.54, 1.807) is 18.2 Å². The van der Waals surface area contributed by atoms with Crippen LogP contribution in [0.15, 0.2) is 30.5 Å². The molecule has 2 amide bonds. The van der Waals surface area contributed by atoms with Crippen LogP contribution in [0, 0.1) is 5.41 Å². The number of carbonyl (C=O) groups is 3. The van der Waals surface area contributed by atoms with Crippen LogP contribution in [0.1, 0.15) is 46.1 Å². The van der Waals surface area contributed by atoms with Gasteiger partial charge < -0.3 is 30.0 Å². The van der Waals surface area contributed by atoms with E-state index in [0.29, 0.717) is 30.2 Å². The minimum atomic E-state index is -0.989. The second kappa shape index (κ2) is 10.9. The van der Waals surface area contributed by atoms with Crippen molar-refractivity contribution < 1.29 is 33.7 Å². The number of carboxylic acids is 1. The molecule has 1 aliphatic heterocycles. The van der Waals surface area contributed by atoms with E-state index in [0.717, 1.165) is 5.56 Å². The van der Waals surface area contributed by atoms with Crippen LogP contribution >= 0.6 is 0 Å². The second-order valence-electron chi connectivity index (χ2n) is 8.80. The zero-order chi connectivity index (χ0) is 23.9. The SMILES string of the molecule is C=C(OCC)[C@H](Cc1ccc2c(c1)NC(=O)[C@H](CCC(=O)O)O2)NC(=O)OCC(C)(C)C. The number of carboxylic acid groups (broad SMARTS) is 1. The molecule has 1 aromatic carbocycles. The molecule has 0 saturated heterocycles. The fourth-order valence-corrected chi connectivity index (χ4v) is 3.00. The van der Waals surface area contributed by atoms with Gasteiger partial charge in [0.25, 0.3) is 5.91 Å². The van der Waals surface area contributed by atoms with Crippen LogP contribution in [0.2, 0.25) is 0 Å². The Balaban J connectivity index is 2.09. The maximum absolute atomic E-state index is 12.3. The molecule has 0 spiro atoms. The molecular formula is C23H32N2O7. The molecule has 9 nitrogen and oxygen atoms in total. The smallest absolute Gasteiger partial charge is 0.407 e. The number of aliphatic carboxylic acids is 1. The normalized spacial score (nSPS) is 16.1. The molecule has 3 N–H and O–H groups in total. The summed E-state index contributed by atoms with van der Waals surface area (Å²) in [5.74, 6) is -0.528. The fourth-order valence-electron chi connectivity index (χ4n) is 3.00. The van der Waals surface area contributed by atoms with E-state index in [2.05, 4.69) is 17.2 Å². The van der Waals surface area contributed by atoms with Gasteiger partial charge in [0, 0.05) is 19.3 Å². The van der Waals surface area contributed by atoms with Gasteiger partial charge in [-0.1, -0.05) is 33.4 Å². The number of carbonyl (C=O) groups excluding carboxylic acids is 2. The van der Waals surface area contributed by atoms with Gasteiger partial charge in [0.05, 0.1) is 24.9 Å². The number of nitrogens with one attached hydrogen (secondary N) is 2. The van der Waals surface area contributed by atoms with Crippen molar-refractivity contribution in [2.45, 2.75) is 59.1 Å². The molecule has 0 bridgehead atoms. The lowest BCUT2D eigenvalue weighted by molar-refractivity contribution is -0.137. The van der Waals surface area contributed by atoms with Crippen LogP contribution in [0.5, 0.6) is 5.75 Å². The zero-order valence-electron chi connectivity index (χ0n) is 19.0. The molecule has 32 heavy (non-hydrogen) atoms. The van der Waals surface area contributed by atoms with Crippen LogP contribution in [-0.2, 0) is 25.5 Å². The summed E-state index contributed by atoms with van der Waals surface area (Å²) in [5.41, 5.74) is 1.12. The summed E-state index contributed by atoms with van der Waals surface area (Å²) in [6, 6.07) is 4.72. The van der Waals surface area contributed by atoms with Gasteiger partial charge in [0.1, 0.15) is 11.5 Å². The van der Waals surface area contributed by atoms with Gasteiger partial charge >= 0.3 is 12.1 Å². The minimum Gasteiger partial charge on any atom is -0.497 e. The molecule has 0 radical (unpaired) electrons. The average molecular weight is 449 g/mol. The van der Waals surface area contributed by atoms with Crippen molar-refractivity contribution in [3.63, 3.8) is 0 Å². The monoisotopic (exact) mass is 448 g/mol. The summed E-state index contributed by atoms with van der Waals surface area (Å²) >= 11 is 0. The molecule has 2 atom stereocenters. The van der Waals surface area contributed by atoms with Gasteiger partial charge in [-0.15, -0.1) is 0 Å². The summed E-state index contributed by atoms with van der Waals surface area (Å²) in [4.78, 5) is 35.3. The largest absolute Gasteiger partial charge is 0.497 e. The first-order chi connectivity index (χ1) is 15.0. The topological polar surface area (TPSA) is 123 Å². The summed E-state index contributed by atoms with van der Waals surface area (Å²) in [6.45, 7) is 12.3. The Hall–Kier alpha value is -3.23. The van der Waals surface area contributed by atoms with Gasteiger partial charge in [0.2, 0.25) is 0 Å². The lowest BCUT2D eigenvalue weighted by atomic mass is 9.99. The maximum Gasteiger partial charge on any atom is 0.407 e. The standard InChI is InChI=1S/C23H32N2O7/c1-6-30-14(2)16(25-22(29)31-13-23(3,4)5)11-15-7-8-18-17(12-15)24-21(28)19(32-18)9-10-20(26)27/h7-8,12,16,19H,2,6,9-11,13H2,1,3-5H3,(H,24,28)(H,25,29)(H,26,27)/t16-,19-/m0/s1. The van der Waals surface area contributed by atoms with Crippen molar-refractivity contribution >= 4 is 23.7 Å². The number of rotatable bonds is 10. The van der Waals surface area contributed by atoms with E-state index < -0.39 is 30.1 Å². The van der Waals surface area contributed by atoms with Crippen molar-refractivity contribution in [3.05, 3.63) is 36.1 Å². The van der Waals surface area contributed by atoms with Crippen molar-refractivity contribution in [3.8, 4) is 5.75 Å². The molecule has 1 aliphatic rings. The Morgan fingerprint density at radius 3 is 2.66 bits per heavy atom. The predicted molar refractivity (Wildman–Crippen MR) is 119 cm³/mol. The molecule has 176 valence electrons. The Bertz CT molecular complexity index is 860. The van der Waals surface area contributed by atoms with Crippen LogP contribution in [0.25, 0.3) is 0 Å². The van der Waals surface area contributed by atoms with E-state index in [-0.39, 0.29) is 24.9 Å². The number of alkyl carbamates (subject to hydrolysis) is 1. The van der Waals surface area contributed by atoms with E-state index in [4.69, 9.17) is 19.3 Å². The lowest BCUT2D eigenvalue weighted by Crippen LogP contribution is -2.40. The van der Waals surface area contributed by atoms with E-state index >= 15 is 0 Å². The van der Waals surface area contributed by atoms with Gasteiger partial charge in [-0.3, -0.25) is 9.59 Å². The lowest BCUT2D eigenvalue weighted by Gasteiger charge is -2.27. The summed E-state index contributed by atoms with van der Waals surface area (Å²) in [7, 11) is 0. The van der Waals surface area contributed by atoms with Gasteiger partial charge in [-0.2, -0.15) is 0 Å². The zero-order valence-corrected chi connectivity index (χ0v) is 19.0. The van der Waals surface area contributed by atoms with Crippen LogP contribution < -0.4 is 15.4 Å². The second-order valence-corrected chi connectivity index (χ2v) is 8.80.